The standard InChI is InChI=1S/C15H22N2O3/c1-11(9-14(18)12-5-3-2-4-6-12)17-15(19)13-10-20-8-7-16-13/h2-6,11,13-14,16,18H,7-10H2,1H3,(H,17,19). The van der Waals surface area contributed by atoms with Gasteiger partial charge < -0.3 is 20.5 Å². The van der Waals surface area contributed by atoms with Crippen LogP contribution in [0.25, 0.3) is 0 Å². The Labute approximate surface area is 119 Å². The number of aliphatic hydroxyl groups excluding tert-OH is 1. The van der Waals surface area contributed by atoms with Crippen LogP contribution < -0.4 is 10.6 Å². The molecule has 1 aromatic carbocycles. The van der Waals surface area contributed by atoms with Crippen molar-refractivity contribution >= 4 is 5.91 Å². The summed E-state index contributed by atoms with van der Waals surface area (Å²) in [5.74, 6) is -0.0718. The molecular weight excluding hydrogens is 256 g/mol. The van der Waals surface area contributed by atoms with E-state index in [0.717, 1.165) is 5.56 Å². The van der Waals surface area contributed by atoms with E-state index >= 15 is 0 Å². The monoisotopic (exact) mass is 278 g/mol. The smallest absolute Gasteiger partial charge is 0.239 e. The van der Waals surface area contributed by atoms with Crippen molar-refractivity contribution in [1.82, 2.24) is 10.6 Å². The Hall–Kier alpha value is -1.43. The minimum atomic E-state index is -0.568. The van der Waals surface area contributed by atoms with Crippen molar-refractivity contribution in [3.05, 3.63) is 35.9 Å². The normalized spacial score (nSPS) is 22.0. The third-order valence-electron chi connectivity index (χ3n) is 3.39. The number of benzene rings is 1. The van der Waals surface area contributed by atoms with Crippen LogP contribution in [0.15, 0.2) is 30.3 Å². The van der Waals surface area contributed by atoms with Crippen LogP contribution in [-0.2, 0) is 9.53 Å². The molecule has 0 aromatic heterocycles. The number of morpholine rings is 1. The fourth-order valence-electron chi connectivity index (χ4n) is 2.28. The molecule has 0 aliphatic carbocycles. The van der Waals surface area contributed by atoms with E-state index in [2.05, 4.69) is 10.6 Å². The highest BCUT2D eigenvalue weighted by atomic mass is 16.5. The first kappa shape index (κ1) is 15.0. The Morgan fingerprint density at radius 1 is 1.50 bits per heavy atom. The van der Waals surface area contributed by atoms with Gasteiger partial charge in [0.05, 0.1) is 19.3 Å². The van der Waals surface area contributed by atoms with E-state index in [9.17, 15) is 9.90 Å². The minimum Gasteiger partial charge on any atom is -0.388 e. The number of hydrogen-bond acceptors (Lipinski definition) is 4. The third kappa shape index (κ3) is 4.30. The van der Waals surface area contributed by atoms with Gasteiger partial charge in [-0.25, -0.2) is 0 Å². The summed E-state index contributed by atoms with van der Waals surface area (Å²) >= 11 is 0. The van der Waals surface area contributed by atoms with Gasteiger partial charge in [0.1, 0.15) is 6.04 Å². The molecule has 1 amide bonds. The van der Waals surface area contributed by atoms with Gasteiger partial charge in [-0.2, -0.15) is 0 Å². The highest BCUT2D eigenvalue weighted by molar-refractivity contribution is 5.82. The molecule has 1 saturated heterocycles. The van der Waals surface area contributed by atoms with Gasteiger partial charge in [-0.3, -0.25) is 4.79 Å². The molecule has 0 saturated carbocycles. The largest absolute Gasteiger partial charge is 0.388 e. The Morgan fingerprint density at radius 3 is 2.90 bits per heavy atom. The highest BCUT2D eigenvalue weighted by Crippen LogP contribution is 2.17. The Bertz CT molecular complexity index is 418. The summed E-state index contributed by atoms with van der Waals surface area (Å²) in [6.45, 7) is 3.64. The van der Waals surface area contributed by atoms with Gasteiger partial charge in [-0.05, 0) is 18.9 Å². The summed E-state index contributed by atoms with van der Waals surface area (Å²) in [4.78, 5) is 12.0. The number of ether oxygens (including phenoxy) is 1. The number of aliphatic hydroxyl groups is 1. The Kier molecular flexibility index (Phi) is 5.52. The maximum absolute atomic E-state index is 12.0. The molecule has 2 rings (SSSR count). The molecule has 3 unspecified atom stereocenters. The number of rotatable bonds is 5. The Morgan fingerprint density at radius 2 is 2.25 bits per heavy atom. The van der Waals surface area contributed by atoms with Crippen molar-refractivity contribution in [3.63, 3.8) is 0 Å². The Balaban J connectivity index is 1.79. The zero-order valence-corrected chi connectivity index (χ0v) is 11.7. The zero-order valence-electron chi connectivity index (χ0n) is 11.7. The van der Waals surface area contributed by atoms with E-state index in [1.807, 2.05) is 37.3 Å². The van der Waals surface area contributed by atoms with Crippen molar-refractivity contribution in [2.45, 2.75) is 31.5 Å². The van der Waals surface area contributed by atoms with Gasteiger partial charge in [0.15, 0.2) is 0 Å². The van der Waals surface area contributed by atoms with Crippen LogP contribution in [0.3, 0.4) is 0 Å². The molecule has 1 aliphatic heterocycles. The van der Waals surface area contributed by atoms with Gasteiger partial charge in [0.25, 0.3) is 0 Å². The first-order chi connectivity index (χ1) is 9.66. The summed E-state index contributed by atoms with van der Waals surface area (Å²) in [6, 6.07) is 9.08. The summed E-state index contributed by atoms with van der Waals surface area (Å²) in [6.07, 6.45) is -0.0781. The van der Waals surface area contributed by atoms with Crippen molar-refractivity contribution in [2.75, 3.05) is 19.8 Å². The first-order valence-electron chi connectivity index (χ1n) is 7.01. The van der Waals surface area contributed by atoms with E-state index in [1.165, 1.54) is 0 Å². The molecule has 20 heavy (non-hydrogen) atoms. The maximum Gasteiger partial charge on any atom is 0.239 e. The number of nitrogens with one attached hydrogen (secondary N) is 2. The van der Waals surface area contributed by atoms with E-state index in [-0.39, 0.29) is 18.0 Å². The second-order valence-corrected chi connectivity index (χ2v) is 5.15. The summed E-state index contributed by atoms with van der Waals surface area (Å²) in [7, 11) is 0. The summed E-state index contributed by atoms with van der Waals surface area (Å²) in [5.41, 5.74) is 0.868. The average molecular weight is 278 g/mol. The quantitative estimate of drug-likeness (QED) is 0.738. The lowest BCUT2D eigenvalue weighted by Gasteiger charge is -2.25. The van der Waals surface area contributed by atoms with Crippen molar-refractivity contribution in [3.8, 4) is 0 Å². The van der Waals surface area contributed by atoms with Crippen molar-refractivity contribution < 1.29 is 14.6 Å². The second kappa shape index (κ2) is 7.38. The van der Waals surface area contributed by atoms with E-state index in [1.54, 1.807) is 0 Å². The van der Waals surface area contributed by atoms with Crippen LogP contribution in [0.2, 0.25) is 0 Å². The number of carbonyl (C=O) groups is 1. The van der Waals surface area contributed by atoms with Crippen molar-refractivity contribution in [2.24, 2.45) is 0 Å². The lowest BCUT2D eigenvalue weighted by atomic mass is 10.0. The average Bonchev–Trinajstić information content (AvgIpc) is 2.49. The van der Waals surface area contributed by atoms with Crippen LogP contribution in [0, 0.1) is 0 Å². The lowest BCUT2D eigenvalue weighted by Crippen LogP contribution is -2.53. The van der Waals surface area contributed by atoms with Crippen LogP contribution in [-0.4, -0.2) is 42.9 Å². The number of hydrogen-bond donors (Lipinski definition) is 3. The van der Waals surface area contributed by atoms with E-state index < -0.39 is 6.10 Å². The van der Waals surface area contributed by atoms with Crippen LogP contribution in [0.5, 0.6) is 0 Å². The first-order valence-corrected chi connectivity index (χ1v) is 7.01. The molecular formula is C15H22N2O3. The fourth-order valence-corrected chi connectivity index (χ4v) is 2.28. The summed E-state index contributed by atoms with van der Waals surface area (Å²) in [5, 5.41) is 16.1. The fraction of sp³-hybridized carbons (Fsp3) is 0.533. The molecule has 5 nitrogen and oxygen atoms in total. The predicted molar refractivity (Wildman–Crippen MR) is 76.2 cm³/mol. The van der Waals surface area contributed by atoms with Gasteiger partial charge >= 0.3 is 0 Å². The van der Waals surface area contributed by atoms with Crippen LogP contribution in [0.4, 0.5) is 0 Å². The third-order valence-corrected chi connectivity index (χ3v) is 3.39. The predicted octanol–water partition coefficient (Wildman–Crippen LogP) is 0.603. The second-order valence-electron chi connectivity index (χ2n) is 5.15. The molecule has 1 heterocycles. The summed E-state index contributed by atoms with van der Waals surface area (Å²) < 4.78 is 5.26. The SMILES string of the molecule is CC(CC(O)c1ccccc1)NC(=O)C1COCCN1. The minimum absolute atomic E-state index is 0.0718. The molecule has 1 aliphatic rings. The molecule has 5 heteroatoms. The van der Waals surface area contributed by atoms with Gasteiger partial charge in [-0.1, -0.05) is 30.3 Å². The van der Waals surface area contributed by atoms with Crippen molar-refractivity contribution in [1.29, 1.82) is 0 Å². The van der Waals surface area contributed by atoms with E-state index in [0.29, 0.717) is 26.2 Å². The maximum atomic E-state index is 12.0. The van der Waals surface area contributed by atoms with Gasteiger partial charge in [-0.15, -0.1) is 0 Å². The highest BCUT2D eigenvalue weighted by Gasteiger charge is 2.23. The molecule has 1 aromatic rings. The molecule has 0 radical (unpaired) electrons. The molecule has 3 N–H and O–H groups in total. The molecule has 1 fully saturated rings. The van der Waals surface area contributed by atoms with Gasteiger partial charge in [0, 0.05) is 12.6 Å². The zero-order chi connectivity index (χ0) is 14.4. The molecule has 0 bridgehead atoms. The number of amides is 1. The van der Waals surface area contributed by atoms with Gasteiger partial charge in [0.2, 0.25) is 5.91 Å². The molecule has 3 atom stereocenters. The van der Waals surface area contributed by atoms with E-state index in [4.69, 9.17) is 4.74 Å². The number of carbonyl (C=O) groups excluding carboxylic acids is 1. The topological polar surface area (TPSA) is 70.6 Å². The van der Waals surface area contributed by atoms with Crippen LogP contribution >= 0.6 is 0 Å². The lowest BCUT2D eigenvalue weighted by molar-refractivity contribution is -0.126. The molecule has 110 valence electrons. The van der Waals surface area contributed by atoms with Crippen LogP contribution in [0.1, 0.15) is 25.0 Å². The molecule has 0 spiro atoms.